The van der Waals surface area contributed by atoms with Crippen molar-refractivity contribution in [3.05, 3.63) is 120 Å². The number of rotatable bonds is 7. The predicted octanol–water partition coefficient (Wildman–Crippen LogP) is 5.69. The number of aromatic carboxylic acids is 1. The normalized spacial score (nSPS) is 11.1. The molecule has 0 spiro atoms. The number of imidazole rings is 1. The Morgan fingerprint density at radius 2 is 1.81 bits per heavy atom. The van der Waals surface area contributed by atoms with E-state index >= 15 is 0 Å². The smallest absolute Gasteiger partial charge is 0.336 e. The third-order valence-electron chi connectivity index (χ3n) is 5.04. The van der Waals surface area contributed by atoms with Gasteiger partial charge in [-0.15, -0.1) is 0 Å². The third-order valence-corrected chi connectivity index (χ3v) is 5.04. The topological polar surface area (TPSA) is 55.1 Å². The van der Waals surface area contributed by atoms with Gasteiger partial charge in [0.1, 0.15) is 11.6 Å². The number of halogens is 1. The summed E-state index contributed by atoms with van der Waals surface area (Å²) >= 11 is 0. The average molecular weight is 412 g/mol. The molecule has 1 aromatic heterocycles. The molecular formula is C26H21FN2O2. The zero-order valence-electron chi connectivity index (χ0n) is 16.8. The molecule has 0 bridgehead atoms. The highest BCUT2D eigenvalue weighted by Gasteiger charge is 2.12. The average Bonchev–Trinajstić information content (AvgIpc) is 3.21. The van der Waals surface area contributed by atoms with Gasteiger partial charge in [-0.25, -0.2) is 14.2 Å². The van der Waals surface area contributed by atoms with Crippen LogP contribution >= 0.6 is 0 Å². The van der Waals surface area contributed by atoms with Gasteiger partial charge in [0.15, 0.2) is 0 Å². The molecule has 0 aliphatic rings. The van der Waals surface area contributed by atoms with Crippen LogP contribution in [0.3, 0.4) is 0 Å². The van der Waals surface area contributed by atoms with E-state index in [0.717, 1.165) is 17.9 Å². The van der Waals surface area contributed by atoms with Crippen LogP contribution in [-0.4, -0.2) is 20.6 Å². The minimum absolute atomic E-state index is 0.183. The van der Waals surface area contributed by atoms with Crippen LogP contribution in [0.2, 0.25) is 0 Å². The van der Waals surface area contributed by atoms with Crippen LogP contribution in [0.1, 0.15) is 27.3 Å². The molecule has 0 atom stereocenters. The van der Waals surface area contributed by atoms with E-state index in [1.54, 1.807) is 30.5 Å². The van der Waals surface area contributed by atoms with Gasteiger partial charge in [-0.3, -0.25) is 0 Å². The molecule has 0 aliphatic carbocycles. The fourth-order valence-corrected chi connectivity index (χ4v) is 3.47. The van der Waals surface area contributed by atoms with Gasteiger partial charge in [0, 0.05) is 25.4 Å². The summed E-state index contributed by atoms with van der Waals surface area (Å²) < 4.78 is 15.4. The largest absolute Gasteiger partial charge is 0.478 e. The lowest BCUT2D eigenvalue weighted by atomic mass is 9.97. The summed E-state index contributed by atoms with van der Waals surface area (Å²) in [5.74, 6) is -0.429. The number of carboxylic acids is 1. The molecule has 4 rings (SSSR count). The first-order valence-electron chi connectivity index (χ1n) is 9.94. The lowest BCUT2D eigenvalue weighted by Gasteiger charge is -2.08. The summed E-state index contributed by atoms with van der Waals surface area (Å²) in [6, 6.07) is 21.2. The fraction of sp³-hybridized carbons (Fsp3) is 0.0769. The van der Waals surface area contributed by atoms with Gasteiger partial charge in [0.25, 0.3) is 0 Å². The van der Waals surface area contributed by atoms with E-state index in [2.05, 4.69) is 21.7 Å². The van der Waals surface area contributed by atoms with Crippen molar-refractivity contribution in [1.82, 2.24) is 9.55 Å². The Labute approximate surface area is 179 Å². The summed E-state index contributed by atoms with van der Waals surface area (Å²) in [5, 5.41) is 9.52. The molecule has 3 aromatic carbocycles. The van der Waals surface area contributed by atoms with Crippen LogP contribution < -0.4 is 0 Å². The third kappa shape index (κ3) is 4.95. The first kappa shape index (κ1) is 20.3. The monoisotopic (exact) mass is 412 g/mol. The number of hydrogen-bond acceptors (Lipinski definition) is 2. The first-order valence-corrected chi connectivity index (χ1v) is 9.94. The summed E-state index contributed by atoms with van der Waals surface area (Å²) in [5.41, 5.74) is 3.47. The maximum atomic E-state index is 13.3. The van der Waals surface area contributed by atoms with Crippen LogP contribution in [0.15, 0.2) is 91.3 Å². The van der Waals surface area contributed by atoms with E-state index in [9.17, 15) is 14.3 Å². The van der Waals surface area contributed by atoms with Gasteiger partial charge in [-0.2, -0.15) is 0 Å². The zero-order valence-corrected chi connectivity index (χ0v) is 16.8. The number of aromatic nitrogens is 2. The van der Waals surface area contributed by atoms with E-state index in [-0.39, 0.29) is 11.4 Å². The maximum absolute atomic E-state index is 13.3. The van der Waals surface area contributed by atoms with E-state index in [0.29, 0.717) is 17.5 Å². The molecule has 0 unspecified atom stereocenters. The van der Waals surface area contributed by atoms with Crippen LogP contribution in [0.5, 0.6) is 0 Å². The van der Waals surface area contributed by atoms with Gasteiger partial charge in [0.2, 0.25) is 0 Å². The minimum Gasteiger partial charge on any atom is -0.478 e. The van der Waals surface area contributed by atoms with Crippen molar-refractivity contribution in [2.45, 2.75) is 13.0 Å². The highest BCUT2D eigenvalue weighted by atomic mass is 19.1. The van der Waals surface area contributed by atoms with Crippen molar-refractivity contribution >= 4 is 12.0 Å². The molecule has 31 heavy (non-hydrogen) atoms. The molecule has 1 N–H and O–H groups in total. The molecule has 4 nitrogen and oxygen atoms in total. The second-order valence-corrected chi connectivity index (χ2v) is 7.18. The van der Waals surface area contributed by atoms with Crippen LogP contribution in [-0.2, 0) is 13.0 Å². The quantitative estimate of drug-likeness (QED) is 0.424. The van der Waals surface area contributed by atoms with Crippen molar-refractivity contribution in [2.24, 2.45) is 0 Å². The Balaban J connectivity index is 1.54. The number of nitrogens with zero attached hydrogens (tertiary/aromatic N) is 2. The second-order valence-electron chi connectivity index (χ2n) is 7.18. The van der Waals surface area contributed by atoms with Crippen molar-refractivity contribution in [3.8, 4) is 11.1 Å². The molecule has 5 heteroatoms. The lowest BCUT2D eigenvalue weighted by molar-refractivity contribution is 0.0697. The van der Waals surface area contributed by atoms with Crippen molar-refractivity contribution in [2.75, 3.05) is 0 Å². The van der Waals surface area contributed by atoms with Crippen molar-refractivity contribution in [3.63, 3.8) is 0 Å². The number of hydrogen-bond donors (Lipinski definition) is 1. The van der Waals surface area contributed by atoms with Crippen molar-refractivity contribution < 1.29 is 14.3 Å². The van der Waals surface area contributed by atoms with Gasteiger partial charge in [-0.1, -0.05) is 60.7 Å². The van der Waals surface area contributed by atoms with Crippen LogP contribution in [0.25, 0.3) is 17.2 Å². The fourth-order valence-electron chi connectivity index (χ4n) is 3.47. The zero-order chi connectivity index (χ0) is 21.6. The Morgan fingerprint density at radius 1 is 1.03 bits per heavy atom. The maximum Gasteiger partial charge on any atom is 0.336 e. The number of benzene rings is 3. The Kier molecular flexibility index (Phi) is 6.03. The van der Waals surface area contributed by atoms with E-state index in [4.69, 9.17) is 0 Å². The highest BCUT2D eigenvalue weighted by molar-refractivity contribution is 5.96. The minimum atomic E-state index is -1.02. The number of allylic oxidation sites excluding steroid dienone is 1. The van der Waals surface area contributed by atoms with E-state index in [1.807, 2.05) is 42.6 Å². The Morgan fingerprint density at radius 3 is 2.55 bits per heavy atom. The second kappa shape index (κ2) is 9.22. The SMILES string of the molecule is O=C(O)c1ccc(/C=C/Cc2nccn2Cc2ccccc2)cc1-c1ccc(F)cc1. The van der Waals surface area contributed by atoms with E-state index < -0.39 is 5.97 Å². The Hall–Kier alpha value is -3.99. The van der Waals surface area contributed by atoms with E-state index in [1.165, 1.54) is 17.7 Å². The molecule has 1 heterocycles. The standard InChI is InChI=1S/C26H21FN2O2/c27-22-12-10-21(11-13-22)24-17-19(9-14-23(24)26(30)31)7-4-8-25-28-15-16-29(25)18-20-5-2-1-3-6-20/h1-7,9-17H,8,18H2,(H,30,31)/b7-4+. The molecule has 0 radical (unpaired) electrons. The van der Waals surface area contributed by atoms with Gasteiger partial charge < -0.3 is 9.67 Å². The number of carbonyl (C=O) groups is 1. The summed E-state index contributed by atoms with van der Waals surface area (Å²) in [7, 11) is 0. The number of carboxylic acid groups (broad SMARTS) is 1. The summed E-state index contributed by atoms with van der Waals surface area (Å²) in [4.78, 5) is 16.1. The van der Waals surface area contributed by atoms with Crippen molar-refractivity contribution in [1.29, 1.82) is 0 Å². The molecule has 0 aliphatic heterocycles. The van der Waals surface area contributed by atoms with Crippen LogP contribution in [0.4, 0.5) is 4.39 Å². The molecule has 4 aromatic rings. The molecule has 0 saturated heterocycles. The molecule has 154 valence electrons. The summed E-state index contributed by atoms with van der Waals surface area (Å²) in [6.45, 7) is 0.756. The Bertz CT molecular complexity index is 1210. The molecule has 0 amide bonds. The van der Waals surface area contributed by atoms with Gasteiger partial charge >= 0.3 is 5.97 Å². The van der Waals surface area contributed by atoms with Gasteiger partial charge in [0.05, 0.1) is 5.56 Å². The lowest BCUT2D eigenvalue weighted by Crippen LogP contribution is -2.03. The predicted molar refractivity (Wildman–Crippen MR) is 119 cm³/mol. The molecular weight excluding hydrogens is 391 g/mol. The van der Waals surface area contributed by atoms with Gasteiger partial charge in [-0.05, 0) is 46.5 Å². The van der Waals surface area contributed by atoms with Crippen LogP contribution in [0, 0.1) is 5.82 Å². The first-order chi connectivity index (χ1) is 15.1. The highest BCUT2D eigenvalue weighted by Crippen LogP contribution is 2.26. The molecule has 0 fully saturated rings. The molecule has 0 saturated carbocycles. The summed E-state index contributed by atoms with van der Waals surface area (Å²) in [6.07, 6.45) is 8.35.